The largest absolute Gasteiger partial charge is 0.506 e. The Hall–Kier alpha value is -1.04. The van der Waals surface area contributed by atoms with Gasteiger partial charge in [-0.05, 0) is 31.5 Å². The molecule has 0 aliphatic carbocycles. The number of pyridine rings is 1. The van der Waals surface area contributed by atoms with Crippen molar-refractivity contribution < 1.29 is 5.11 Å². The van der Waals surface area contributed by atoms with E-state index in [9.17, 15) is 5.11 Å². The number of phenolic OH excluding ortho intramolecular Hbond substituents is 1. The van der Waals surface area contributed by atoms with Crippen LogP contribution in [0.3, 0.4) is 0 Å². The summed E-state index contributed by atoms with van der Waals surface area (Å²) >= 11 is 0. The second-order valence-electron chi connectivity index (χ2n) is 3.24. The van der Waals surface area contributed by atoms with Crippen LogP contribution in [0.4, 0.5) is 0 Å². The maximum atomic E-state index is 9.52. The van der Waals surface area contributed by atoms with Crippen molar-refractivity contribution >= 4 is 28.3 Å². The third-order valence-corrected chi connectivity index (χ3v) is 2.27. The quantitative estimate of drug-likeness (QED) is 0.661. The van der Waals surface area contributed by atoms with Crippen LogP contribution in [0.5, 0.6) is 5.75 Å². The number of nitrogens with zero attached hydrogens (tertiary/aromatic N) is 1. The maximum Gasteiger partial charge on any atom is 0.141 e. The number of aromatic nitrogens is 1. The first kappa shape index (κ1) is 11.0. The van der Waals surface area contributed by atoms with Crippen LogP contribution in [0.2, 0.25) is 0 Å². The van der Waals surface area contributed by atoms with E-state index in [0.29, 0.717) is 5.52 Å². The summed E-state index contributed by atoms with van der Waals surface area (Å²) < 4.78 is 0. The lowest BCUT2D eigenvalue weighted by Gasteiger charge is -2.03. The van der Waals surface area contributed by atoms with Gasteiger partial charge in [-0.1, -0.05) is 12.1 Å². The van der Waals surface area contributed by atoms with Gasteiger partial charge in [-0.25, -0.2) is 4.98 Å². The zero-order chi connectivity index (χ0) is 9.42. The second-order valence-corrected chi connectivity index (χ2v) is 3.24. The fraction of sp³-hybridized carbons (Fsp3) is 0.182. The molecule has 0 saturated carbocycles. The predicted molar refractivity (Wildman–Crippen MR) is 58.6 cm³/mol. The summed E-state index contributed by atoms with van der Waals surface area (Å²) in [5, 5.41) is 10.5. The van der Waals surface area contributed by atoms with E-state index in [1.165, 1.54) is 0 Å². The van der Waals surface area contributed by atoms with Crippen LogP contribution in [-0.2, 0) is 0 Å². The van der Waals surface area contributed by atoms with E-state index in [-0.39, 0.29) is 23.1 Å². The molecule has 0 aliphatic heterocycles. The molecule has 3 heteroatoms. The Morgan fingerprint density at radius 3 is 2.64 bits per heavy atom. The summed E-state index contributed by atoms with van der Waals surface area (Å²) in [6, 6.07) is 7.48. The number of phenols is 1. The number of aromatic hydroxyl groups is 1. The van der Waals surface area contributed by atoms with Crippen molar-refractivity contribution in [2.45, 2.75) is 13.8 Å². The van der Waals surface area contributed by atoms with E-state index < -0.39 is 0 Å². The van der Waals surface area contributed by atoms with Gasteiger partial charge in [-0.2, -0.15) is 0 Å². The molecule has 3 radical (unpaired) electrons. The van der Waals surface area contributed by atoms with Gasteiger partial charge in [0.05, 0.1) is 0 Å². The first-order chi connectivity index (χ1) is 6.18. The van der Waals surface area contributed by atoms with E-state index in [1.54, 1.807) is 6.07 Å². The maximum absolute atomic E-state index is 9.52. The van der Waals surface area contributed by atoms with Gasteiger partial charge in [0.15, 0.2) is 0 Å². The monoisotopic (exact) mass is 200 g/mol. The first-order valence-electron chi connectivity index (χ1n) is 4.24. The molecule has 1 N–H and O–H groups in total. The lowest BCUT2D eigenvalue weighted by atomic mass is 10.1. The van der Waals surface area contributed by atoms with Crippen molar-refractivity contribution in [3.8, 4) is 5.75 Å². The first-order valence-corrected chi connectivity index (χ1v) is 4.24. The molecule has 0 atom stereocenters. The summed E-state index contributed by atoms with van der Waals surface area (Å²) in [4.78, 5) is 4.32. The number of aryl methyl sites for hydroxylation is 2. The standard InChI is InChI=1S/C11H11NO.Al/c1-7-6-9-4-3-5-10(13)11(9)12-8(7)2;/h3-6,13H,1-2H3;. The molecule has 2 aromatic rings. The molecule has 0 fully saturated rings. The third kappa shape index (κ3) is 1.75. The molecule has 0 aliphatic rings. The Morgan fingerprint density at radius 1 is 1.21 bits per heavy atom. The smallest absolute Gasteiger partial charge is 0.141 e. The molecule has 14 heavy (non-hydrogen) atoms. The zero-order valence-electron chi connectivity index (χ0n) is 8.28. The fourth-order valence-electron chi connectivity index (χ4n) is 1.38. The SMILES string of the molecule is Cc1cc2cccc(O)c2nc1C.[Al]. The number of benzene rings is 1. The van der Waals surface area contributed by atoms with Gasteiger partial charge in [-0.3, -0.25) is 0 Å². The molecule has 0 bridgehead atoms. The van der Waals surface area contributed by atoms with Gasteiger partial charge in [0.2, 0.25) is 0 Å². The molecule has 0 spiro atoms. The number of hydrogen-bond acceptors (Lipinski definition) is 2. The van der Waals surface area contributed by atoms with Gasteiger partial charge in [0, 0.05) is 28.4 Å². The third-order valence-electron chi connectivity index (χ3n) is 2.27. The van der Waals surface area contributed by atoms with Gasteiger partial charge in [0.25, 0.3) is 0 Å². The molecule has 1 aromatic carbocycles. The summed E-state index contributed by atoms with van der Waals surface area (Å²) in [6.07, 6.45) is 0. The van der Waals surface area contributed by atoms with Gasteiger partial charge < -0.3 is 5.11 Å². The highest BCUT2D eigenvalue weighted by Gasteiger charge is 2.02. The van der Waals surface area contributed by atoms with Crippen molar-refractivity contribution in [1.29, 1.82) is 0 Å². The molecular formula is C11H11AlNO. The molecule has 0 unspecified atom stereocenters. The van der Waals surface area contributed by atoms with Crippen molar-refractivity contribution in [2.24, 2.45) is 0 Å². The molecule has 0 amide bonds. The van der Waals surface area contributed by atoms with E-state index in [0.717, 1.165) is 16.6 Å². The van der Waals surface area contributed by atoms with Crippen LogP contribution < -0.4 is 0 Å². The summed E-state index contributed by atoms with van der Waals surface area (Å²) in [5.41, 5.74) is 2.80. The molecule has 2 nitrogen and oxygen atoms in total. The average Bonchev–Trinajstić information content (AvgIpc) is 2.09. The van der Waals surface area contributed by atoms with E-state index in [4.69, 9.17) is 0 Å². The zero-order valence-corrected chi connectivity index (χ0v) is 9.44. The Kier molecular flexibility index (Phi) is 3.15. The molecule has 1 heterocycles. The van der Waals surface area contributed by atoms with Crippen molar-refractivity contribution in [1.82, 2.24) is 4.98 Å². The van der Waals surface area contributed by atoms with Crippen LogP contribution in [0, 0.1) is 13.8 Å². The van der Waals surface area contributed by atoms with E-state index in [1.807, 2.05) is 32.0 Å². The van der Waals surface area contributed by atoms with Gasteiger partial charge >= 0.3 is 0 Å². The Bertz CT molecular complexity index is 468. The van der Waals surface area contributed by atoms with Crippen LogP contribution in [-0.4, -0.2) is 27.5 Å². The highest BCUT2D eigenvalue weighted by molar-refractivity contribution is 5.84. The number of fused-ring (bicyclic) bond motifs is 1. The lowest BCUT2D eigenvalue weighted by Crippen LogP contribution is -1.88. The Labute approximate surface area is 93.7 Å². The Morgan fingerprint density at radius 2 is 1.93 bits per heavy atom. The van der Waals surface area contributed by atoms with Gasteiger partial charge in [0.1, 0.15) is 11.3 Å². The van der Waals surface area contributed by atoms with Gasteiger partial charge in [-0.15, -0.1) is 0 Å². The number of para-hydroxylation sites is 1. The van der Waals surface area contributed by atoms with Crippen LogP contribution >= 0.6 is 0 Å². The molecule has 0 saturated heterocycles. The summed E-state index contributed by atoms with van der Waals surface area (Å²) in [7, 11) is 0. The molecule has 69 valence electrons. The fourth-order valence-corrected chi connectivity index (χ4v) is 1.38. The van der Waals surface area contributed by atoms with Crippen molar-refractivity contribution in [3.05, 3.63) is 35.5 Å². The van der Waals surface area contributed by atoms with Crippen LogP contribution in [0.15, 0.2) is 24.3 Å². The minimum absolute atomic E-state index is 0. The van der Waals surface area contributed by atoms with Crippen LogP contribution in [0.1, 0.15) is 11.3 Å². The predicted octanol–water partition coefficient (Wildman–Crippen LogP) is 2.18. The average molecular weight is 200 g/mol. The normalized spacial score (nSPS) is 9.86. The van der Waals surface area contributed by atoms with E-state index in [2.05, 4.69) is 4.98 Å². The topological polar surface area (TPSA) is 33.1 Å². The van der Waals surface area contributed by atoms with Crippen molar-refractivity contribution in [2.75, 3.05) is 0 Å². The Balaban J connectivity index is 0.000000980. The minimum atomic E-state index is 0. The minimum Gasteiger partial charge on any atom is -0.506 e. The number of rotatable bonds is 0. The second kappa shape index (κ2) is 4.00. The molecular weight excluding hydrogens is 189 g/mol. The number of hydrogen-bond donors (Lipinski definition) is 1. The van der Waals surface area contributed by atoms with Crippen molar-refractivity contribution in [3.63, 3.8) is 0 Å². The molecule has 2 rings (SSSR count). The summed E-state index contributed by atoms with van der Waals surface area (Å²) in [5.74, 6) is 0.251. The highest BCUT2D eigenvalue weighted by Crippen LogP contribution is 2.23. The summed E-state index contributed by atoms with van der Waals surface area (Å²) in [6.45, 7) is 3.97. The van der Waals surface area contributed by atoms with E-state index >= 15 is 0 Å². The van der Waals surface area contributed by atoms with Crippen LogP contribution in [0.25, 0.3) is 10.9 Å². The lowest BCUT2D eigenvalue weighted by molar-refractivity contribution is 0.480. The highest BCUT2D eigenvalue weighted by atomic mass is 27.0. The molecule has 1 aromatic heterocycles.